The van der Waals surface area contributed by atoms with E-state index in [9.17, 15) is 0 Å². The monoisotopic (exact) mass is 187 g/mol. The number of hydrogen-bond donors (Lipinski definition) is 1. The Morgan fingerprint density at radius 2 is 1.69 bits per heavy atom. The summed E-state index contributed by atoms with van der Waals surface area (Å²) in [6.45, 7) is 11.1. The summed E-state index contributed by atoms with van der Waals surface area (Å²) in [6, 6.07) is 0.549. The van der Waals surface area contributed by atoms with Crippen molar-refractivity contribution in [1.82, 2.24) is 4.90 Å². The van der Waals surface area contributed by atoms with Crippen LogP contribution in [0.5, 0.6) is 0 Å². The van der Waals surface area contributed by atoms with Gasteiger partial charge in [-0.3, -0.25) is 4.90 Å². The zero-order valence-corrected chi connectivity index (χ0v) is 9.58. The van der Waals surface area contributed by atoms with Gasteiger partial charge in [-0.25, -0.2) is 0 Å². The van der Waals surface area contributed by atoms with Crippen molar-refractivity contribution in [1.29, 1.82) is 0 Å². The molecule has 0 aliphatic carbocycles. The van der Waals surface area contributed by atoms with E-state index in [0.29, 0.717) is 6.04 Å². The number of hydrogen-bond acceptors (Lipinski definition) is 2. The van der Waals surface area contributed by atoms with Crippen LogP contribution in [-0.2, 0) is 0 Å². The van der Waals surface area contributed by atoms with E-state index in [1.807, 2.05) is 0 Å². The highest BCUT2D eigenvalue weighted by molar-refractivity contribution is 4.67. The van der Waals surface area contributed by atoms with Gasteiger partial charge in [-0.15, -0.1) is 0 Å². The Kier molecular flexibility index (Phi) is 7.29. The maximum Gasteiger partial charge on any atom is 0.0558 e. The Morgan fingerprint density at radius 1 is 1.15 bits per heavy atom. The predicted molar refractivity (Wildman–Crippen MR) is 57.9 cm³/mol. The summed E-state index contributed by atoms with van der Waals surface area (Å²) in [7, 11) is 0. The molecule has 0 aromatic heterocycles. The molecule has 0 fully saturated rings. The van der Waals surface area contributed by atoms with Crippen LogP contribution in [0, 0.1) is 5.92 Å². The van der Waals surface area contributed by atoms with Crippen molar-refractivity contribution in [2.24, 2.45) is 5.92 Å². The Hall–Kier alpha value is -0.0800. The van der Waals surface area contributed by atoms with E-state index in [4.69, 9.17) is 5.11 Å². The highest BCUT2D eigenvalue weighted by Gasteiger charge is 2.13. The first-order valence-electron chi connectivity index (χ1n) is 5.50. The Morgan fingerprint density at radius 3 is 2.00 bits per heavy atom. The molecule has 0 heterocycles. The normalized spacial score (nSPS) is 12.0. The number of aliphatic hydroxyl groups is 1. The molecular weight excluding hydrogens is 162 g/mol. The third-order valence-electron chi connectivity index (χ3n) is 2.76. The second-order valence-electron chi connectivity index (χ2n) is 3.99. The molecule has 0 aromatic rings. The second-order valence-corrected chi connectivity index (χ2v) is 3.99. The number of aliphatic hydroxyl groups excluding tert-OH is 1. The first-order chi connectivity index (χ1) is 6.15. The largest absolute Gasteiger partial charge is 0.395 e. The van der Waals surface area contributed by atoms with E-state index in [1.165, 1.54) is 12.8 Å². The molecule has 0 saturated carbocycles. The fraction of sp³-hybridized carbons (Fsp3) is 1.00. The van der Waals surface area contributed by atoms with Crippen LogP contribution in [0.25, 0.3) is 0 Å². The minimum atomic E-state index is 0.276. The SMILES string of the molecule is CCC(CC)CN(CCO)C(C)C. The Labute approximate surface area is 82.9 Å². The van der Waals surface area contributed by atoms with Crippen LogP contribution >= 0.6 is 0 Å². The molecule has 0 bridgehead atoms. The van der Waals surface area contributed by atoms with Crippen LogP contribution in [-0.4, -0.2) is 35.7 Å². The Bertz CT molecular complexity index is 111. The summed E-state index contributed by atoms with van der Waals surface area (Å²) in [4.78, 5) is 2.36. The molecule has 0 atom stereocenters. The first kappa shape index (κ1) is 12.9. The summed E-state index contributed by atoms with van der Waals surface area (Å²) in [5.41, 5.74) is 0. The van der Waals surface area contributed by atoms with Crippen LogP contribution in [0.4, 0.5) is 0 Å². The van der Waals surface area contributed by atoms with Crippen molar-refractivity contribution in [2.75, 3.05) is 19.7 Å². The third kappa shape index (κ3) is 5.27. The van der Waals surface area contributed by atoms with Gasteiger partial charge in [0.1, 0.15) is 0 Å². The van der Waals surface area contributed by atoms with Crippen LogP contribution in [0.1, 0.15) is 40.5 Å². The lowest BCUT2D eigenvalue weighted by molar-refractivity contribution is 0.142. The lowest BCUT2D eigenvalue weighted by atomic mass is 10.0. The molecule has 0 rings (SSSR count). The number of rotatable bonds is 7. The smallest absolute Gasteiger partial charge is 0.0558 e. The van der Waals surface area contributed by atoms with E-state index in [0.717, 1.165) is 19.0 Å². The maximum atomic E-state index is 8.90. The van der Waals surface area contributed by atoms with Crippen molar-refractivity contribution in [3.63, 3.8) is 0 Å². The second kappa shape index (κ2) is 7.34. The fourth-order valence-electron chi connectivity index (χ4n) is 1.57. The minimum Gasteiger partial charge on any atom is -0.395 e. The molecule has 0 aliphatic rings. The molecular formula is C11H25NO. The molecule has 0 spiro atoms. The van der Waals surface area contributed by atoms with Gasteiger partial charge in [-0.05, 0) is 19.8 Å². The van der Waals surface area contributed by atoms with Crippen LogP contribution in [0.15, 0.2) is 0 Å². The lowest BCUT2D eigenvalue weighted by Gasteiger charge is -2.29. The molecule has 0 unspecified atom stereocenters. The quantitative estimate of drug-likeness (QED) is 0.660. The van der Waals surface area contributed by atoms with Gasteiger partial charge in [0.15, 0.2) is 0 Å². The summed E-state index contributed by atoms with van der Waals surface area (Å²) < 4.78 is 0. The highest BCUT2D eigenvalue weighted by atomic mass is 16.3. The Balaban J connectivity index is 3.91. The average Bonchev–Trinajstić information content (AvgIpc) is 2.11. The van der Waals surface area contributed by atoms with Gasteiger partial charge >= 0.3 is 0 Å². The molecule has 0 aromatic carbocycles. The molecule has 2 nitrogen and oxygen atoms in total. The molecule has 0 amide bonds. The van der Waals surface area contributed by atoms with Crippen LogP contribution in [0.2, 0.25) is 0 Å². The first-order valence-corrected chi connectivity index (χ1v) is 5.50. The van der Waals surface area contributed by atoms with Crippen molar-refractivity contribution in [3.05, 3.63) is 0 Å². The van der Waals surface area contributed by atoms with E-state index < -0.39 is 0 Å². The zero-order valence-electron chi connectivity index (χ0n) is 9.58. The van der Waals surface area contributed by atoms with Gasteiger partial charge in [-0.1, -0.05) is 26.7 Å². The summed E-state index contributed by atoms with van der Waals surface area (Å²) >= 11 is 0. The van der Waals surface area contributed by atoms with Crippen molar-refractivity contribution >= 4 is 0 Å². The standard InChI is InChI=1S/C11H25NO/c1-5-11(6-2)9-12(7-8-13)10(3)4/h10-11,13H,5-9H2,1-4H3. The molecule has 0 saturated heterocycles. The van der Waals surface area contributed by atoms with Gasteiger partial charge in [-0.2, -0.15) is 0 Å². The zero-order chi connectivity index (χ0) is 10.3. The van der Waals surface area contributed by atoms with Gasteiger partial charge in [0.05, 0.1) is 6.61 Å². The van der Waals surface area contributed by atoms with Crippen molar-refractivity contribution < 1.29 is 5.11 Å². The molecule has 0 aliphatic heterocycles. The average molecular weight is 187 g/mol. The highest BCUT2D eigenvalue weighted by Crippen LogP contribution is 2.11. The summed E-state index contributed by atoms with van der Waals surface area (Å²) in [5, 5.41) is 8.90. The van der Waals surface area contributed by atoms with E-state index in [1.54, 1.807) is 0 Å². The van der Waals surface area contributed by atoms with Crippen LogP contribution in [0.3, 0.4) is 0 Å². The molecule has 2 heteroatoms. The van der Waals surface area contributed by atoms with E-state index in [-0.39, 0.29) is 6.61 Å². The summed E-state index contributed by atoms with van der Waals surface area (Å²) in [6.07, 6.45) is 2.48. The van der Waals surface area contributed by atoms with Gasteiger partial charge < -0.3 is 5.11 Å². The lowest BCUT2D eigenvalue weighted by Crippen LogP contribution is -2.37. The molecule has 1 N–H and O–H groups in total. The van der Waals surface area contributed by atoms with Crippen LogP contribution < -0.4 is 0 Å². The molecule has 80 valence electrons. The third-order valence-corrected chi connectivity index (χ3v) is 2.76. The van der Waals surface area contributed by atoms with Crippen molar-refractivity contribution in [2.45, 2.75) is 46.6 Å². The van der Waals surface area contributed by atoms with E-state index >= 15 is 0 Å². The van der Waals surface area contributed by atoms with Gasteiger partial charge in [0.25, 0.3) is 0 Å². The maximum absolute atomic E-state index is 8.90. The molecule has 13 heavy (non-hydrogen) atoms. The fourth-order valence-corrected chi connectivity index (χ4v) is 1.57. The number of nitrogens with zero attached hydrogens (tertiary/aromatic N) is 1. The van der Waals surface area contributed by atoms with Gasteiger partial charge in [0.2, 0.25) is 0 Å². The minimum absolute atomic E-state index is 0.276. The summed E-state index contributed by atoms with van der Waals surface area (Å²) in [5.74, 6) is 0.786. The topological polar surface area (TPSA) is 23.5 Å². The van der Waals surface area contributed by atoms with E-state index in [2.05, 4.69) is 32.6 Å². The van der Waals surface area contributed by atoms with Crippen molar-refractivity contribution in [3.8, 4) is 0 Å². The molecule has 0 radical (unpaired) electrons. The predicted octanol–water partition coefficient (Wildman–Crippen LogP) is 2.13. The van der Waals surface area contributed by atoms with Gasteiger partial charge in [0, 0.05) is 19.1 Å².